The molecule has 2 aliphatic rings. The SMILES string of the molecule is Cc1c(C(=O)OC(C)C(=O)NC2CCCCC2)sc2nc3n(c(=O)c12)CCC3. The third-order valence-electron chi connectivity index (χ3n) is 5.70. The maximum absolute atomic E-state index is 12.7. The fourth-order valence-corrected chi connectivity index (χ4v) is 5.18. The normalized spacial score (nSPS) is 18.1. The Balaban J connectivity index is 1.51. The van der Waals surface area contributed by atoms with Gasteiger partial charge in [-0.25, -0.2) is 9.78 Å². The molecule has 150 valence electrons. The topological polar surface area (TPSA) is 90.3 Å². The van der Waals surface area contributed by atoms with Crippen LogP contribution in [0, 0.1) is 6.92 Å². The van der Waals surface area contributed by atoms with Gasteiger partial charge in [-0.2, -0.15) is 0 Å². The van der Waals surface area contributed by atoms with Gasteiger partial charge in [0, 0.05) is 19.0 Å². The molecule has 0 spiro atoms. The molecule has 8 heteroatoms. The minimum Gasteiger partial charge on any atom is -0.448 e. The van der Waals surface area contributed by atoms with Crippen molar-refractivity contribution in [3.63, 3.8) is 0 Å². The van der Waals surface area contributed by atoms with Crippen molar-refractivity contribution in [3.8, 4) is 0 Å². The summed E-state index contributed by atoms with van der Waals surface area (Å²) in [5, 5.41) is 3.47. The largest absolute Gasteiger partial charge is 0.448 e. The number of ether oxygens (including phenoxy) is 1. The highest BCUT2D eigenvalue weighted by Gasteiger charge is 2.27. The van der Waals surface area contributed by atoms with Crippen LogP contribution in [0.2, 0.25) is 0 Å². The van der Waals surface area contributed by atoms with E-state index in [1.165, 1.54) is 17.8 Å². The van der Waals surface area contributed by atoms with Crippen LogP contribution in [0.25, 0.3) is 10.2 Å². The van der Waals surface area contributed by atoms with Crippen LogP contribution >= 0.6 is 11.3 Å². The van der Waals surface area contributed by atoms with Crippen LogP contribution in [-0.4, -0.2) is 33.6 Å². The van der Waals surface area contributed by atoms with E-state index in [2.05, 4.69) is 10.3 Å². The third kappa shape index (κ3) is 3.45. The highest BCUT2D eigenvalue weighted by Crippen LogP contribution is 2.29. The molecule has 0 bridgehead atoms. The number of fused-ring (bicyclic) bond motifs is 2. The van der Waals surface area contributed by atoms with Crippen LogP contribution in [0.15, 0.2) is 4.79 Å². The first-order chi connectivity index (χ1) is 13.5. The Kier molecular flexibility index (Phi) is 5.23. The van der Waals surface area contributed by atoms with Gasteiger partial charge in [0.25, 0.3) is 11.5 Å². The predicted octanol–water partition coefficient (Wildman–Crippen LogP) is 2.71. The van der Waals surface area contributed by atoms with Crippen molar-refractivity contribution in [3.05, 3.63) is 26.6 Å². The van der Waals surface area contributed by atoms with E-state index >= 15 is 0 Å². The van der Waals surface area contributed by atoms with Crippen LogP contribution in [0.1, 0.15) is 66.5 Å². The van der Waals surface area contributed by atoms with Gasteiger partial charge in [0.05, 0.1) is 5.39 Å². The molecule has 2 aromatic heterocycles. The van der Waals surface area contributed by atoms with Crippen LogP contribution < -0.4 is 10.9 Å². The molecule has 1 fully saturated rings. The fraction of sp³-hybridized carbons (Fsp3) is 0.600. The molecule has 0 radical (unpaired) electrons. The molecule has 4 rings (SSSR count). The number of amides is 1. The smallest absolute Gasteiger partial charge is 0.349 e. The first-order valence-corrected chi connectivity index (χ1v) is 10.8. The van der Waals surface area contributed by atoms with Crippen molar-refractivity contribution in [2.24, 2.45) is 0 Å². The lowest BCUT2D eigenvalue weighted by Crippen LogP contribution is -2.42. The molecule has 0 saturated heterocycles. The minimum atomic E-state index is -0.877. The van der Waals surface area contributed by atoms with Gasteiger partial charge in [0.2, 0.25) is 0 Å². The number of esters is 1. The van der Waals surface area contributed by atoms with Crippen LogP contribution in [-0.2, 0) is 22.5 Å². The molecule has 1 aliphatic carbocycles. The molecule has 3 heterocycles. The lowest BCUT2D eigenvalue weighted by atomic mass is 9.95. The summed E-state index contributed by atoms with van der Waals surface area (Å²) in [5.74, 6) is -0.0635. The second-order valence-electron chi connectivity index (χ2n) is 7.72. The fourth-order valence-electron chi connectivity index (χ4n) is 4.10. The Morgan fingerprint density at radius 3 is 2.75 bits per heavy atom. The van der Waals surface area contributed by atoms with Crippen molar-refractivity contribution < 1.29 is 14.3 Å². The highest BCUT2D eigenvalue weighted by atomic mass is 32.1. The van der Waals surface area contributed by atoms with Crippen molar-refractivity contribution in [1.29, 1.82) is 0 Å². The summed E-state index contributed by atoms with van der Waals surface area (Å²) in [7, 11) is 0. The van der Waals surface area contributed by atoms with E-state index in [-0.39, 0.29) is 17.5 Å². The van der Waals surface area contributed by atoms with Gasteiger partial charge >= 0.3 is 5.97 Å². The number of hydrogen-bond acceptors (Lipinski definition) is 6. The Bertz CT molecular complexity index is 987. The summed E-state index contributed by atoms with van der Waals surface area (Å²) < 4.78 is 7.11. The zero-order valence-electron chi connectivity index (χ0n) is 16.2. The highest BCUT2D eigenvalue weighted by molar-refractivity contribution is 7.20. The van der Waals surface area contributed by atoms with E-state index in [4.69, 9.17) is 4.74 Å². The first kappa shape index (κ1) is 19.1. The van der Waals surface area contributed by atoms with E-state index in [0.29, 0.717) is 27.2 Å². The molecule has 1 amide bonds. The Labute approximate surface area is 167 Å². The van der Waals surface area contributed by atoms with E-state index in [1.54, 1.807) is 18.4 Å². The second-order valence-corrected chi connectivity index (χ2v) is 8.71. The summed E-state index contributed by atoms with van der Waals surface area (Å²) in [6, 6.07) is 0.167. The Morgan fingerprint density at radius 2 is 2.00 bits per heavy atom. The maximum atomic E-state index is 12.7. The van der Waals surface area contributed by atoms with Crippen LogP contribution in [0.3, 0.4) is 0 Å². The van der Waals surface area contributed by atoms with Gasteiger partial charge in [0.1, 0.15) is 15.5 Å². The van der Waals surface area contributed by atoms with Gasteiger partial charge < -0.3 is 10.1 Å². The summed E-state index contributed by atoms with van der Waals surface area (Å²) in [5.41, 5.74) is 0.498. The van der Waals surface area contributed by atoms with Crippen molar-refractivity contribution in [2.45, 2.75) is 77.5 Å². The quantitative estimate of drug-likeness (QED) is 0.793. The predicted molar refractivity (Wildman–Crippen MR) is 107 cm³/mol. The average molecular weight is 404 g/mol. The number of nitrogens with one attached hydrogen (secondary N) is 1. The number of hydrogen-bond donors (Lipinski definition) is 1. The summed E-state index contributed by atoms with van der Waals surface area (Å²) in [6.07, 6.45) is 6.21. The van der Waals surface area contributed by atoms with Gasteiger partial charge in [0.15, 0.2) is 6.10 Å². The van der Waals surface area contributed by atoms with Gasteiger partial charge in [-0.1, -0.05) is 19.3 Å². The lowest BCUT2D eigenvalue weighted by Gasteiger charge is -2.24. The van der Waals surface area contributed by atoms with Gasteiger partial charge in [-0.15, -0.1) is 11.3 Å². The summed E-state index contributed by atoms with van der Waals surface area (Å²) in [6.45, 7) is 4.00. The molecule has 0 aromatic carbocycles. The molecular formula is C20H25N3O4S. The van der Waals surface area contributed by atoms with Crippen LogP contribution in [0.5, 0.6) is 0 Å². The lowest BCUT2D eigenvalue weighted by molar-refractivity contribution is -0.130. The number of aryl methyl sites for hydroxylation is 2. The van der Waals surface area contributed by atoms with Gasteiger partial charge in [-0.3, -0.25) is 14.2 Å². The Morgan fingerprint density at radius 1 is 1.25 bits per heavy atom. The van der Waals surface area contributed by atoms with Crippen molar-refractivity contribution >= 4 is 33.4 Å². The second kappa shape index (κ2) is 7.66. The molecule has 1 aliphatic heterocycles. The molecule has 1 saturated carbocycles. The molecule has 1 atom stereocenters. The van der Waals surface area contributed by atoms with Gasteiger partial charge in [-0.05, 0) is 38.7 Å². The van der Waals surface area contributed by atoms with E-state index < -0.39 is 12.1 Å². The van der Waals surface area contributed by atoms with Crippen LogP contribution in [0.4, 0.5) is 0 Å². The number of aromatic nitrogens is 2. The van der Waals surface area contributed by atoms with E-state index in [1.807, 2.05) is 0 Å². The number of carbonyl (C=O) groups excluding carboxylic acids is 2. The van der Waals surface area contributed by atoms with Crippen molar-refractivity contribution in [1.82, 2.24) is 14.9 Å². The molecule has 2 aromatic rings. The molecule has 1 N–H and O–H groups in total. The standard InChI is InChI=1S/C20H25N3O4S/c1-11-15-18(22-14-9-6-10-23(14)19(15)25)28-16(11)20(26)27-12(2)17(24)21-13-7-4-3-5-8-13/h12-13H,3-10H2,1-2H3,(H,21,24). The molecule has 1 unspecified atom stereocenters. The zero-order chi connectivity index (χ0) is 19.8. The number of nitrogens with zero attached hydrogens (tertiary/aromatic N) is 2. The molecule has 28 heavy (non-hydrogen) atoms. The zero-order valence-corrected chi connectivity index (χ0v) is 17.1. The summed E-state index contributed by atoms with van der Waals surface area (Å²) >= 11 is 1.17. The maximum Gasteiger partial charge on any atom is 0.349 e. The first-order valence-electron chi connectivity index (χ1n) is 10.00. The number of carbonyl (C=O) groups is 2. The number of rotatable bonds is 4. The summed E-state index contributed by atoms with van der Waals surface area (Å²) in [4.78, 5) is 43.3. The number of thiophene rings is 1. The monoisotopic (exact) mass is 403 g/mol. The van der Waals surface area contributed by atoms with E-state index in [0.717, 1.165) is 44.3 Å². The average Bonchev–Trinajstić information content (AvgIpc) is 3.27. The van der Waals surface area contributed by atoms with E-state index in [9.17, 15) is 14.4 Å². The molecular weight excluding hydrogens is 378 g/mol. The Hall–Kier alpha value is -2.22. The molecule has 7 nitrogen and oxygen atoms in total. The van der Waals surface area contributed by atoms with Crippen molar-refractivity contribution in [2.75, 3.05) is 0 Å². The minimum absolute atomic E-state index is 0.0895. The third-order valence-corrected chi connectivity index (χ3v) is 6.87.